The maximum absolute atomic E-state index is 12.6. The zero-order valence-electron chi connectivity index (χ0n) is 15.1. The summed E-state index contributed by atoms with van der Waals surface area (Å²) in [6.07, 6.45) is 3.33. The van der Waals surface area contributed by atoms with Gasteiger partial charge in [0.1, 0.15) is 0 Å². The van der Waals surface area contributed by atoms with Gasteiger partial charge in [-0.2, -0.15) is 15.0 Å². The molecule has 0 bridgehead atoms. The van der Waals surface area contributed by atoms with Crippen molar-refractivity contribution < 1.29 is 4.79 Å². The molecule has 0 aliphatic carbocycles. The van der Waals surface area contributed by atoms with Gasteiger partial charge in [-0.05, 0) is 55.3 Å². The minimum absolute atomic E-state index is 0.114. The molecule has 0 spiro atoms. The van der Waals surface area contributed by atoms with Crippen LogP contribution < -0.4 is 0 Å². The first kappa shape index (κ1) is 17.8. The van der Waals surface area contributed by atoms with Crippen LogP contribution in [0.25, 0.3) is 5.69 Å². The molecule has 2 heterocycles. The van der Waals surface area contributed by atoms with E-state index in [0.717, 1.165) is 30.9 Å². The summed E-state index contributed by atoms with van der Waals surface area (Å²) in [6.45, 7) is 4.47. The van der Waals surface area contributed by atoms with Crippen LogP contribution in [0, 0.1) is 0 Å². The maximum atomic E-state index is 12.6. The molecule has 7 heteroatoms. The molecule has 0 N–H and O–H groups in total. The van der Waals surface area contributed by atoms with E-state index in [-0.39, 0.29) is 11.9 Å². The fourth-order valence-corrected chi connectivity index (χ4v) is 4.10. The Hall–Kier alpha value is -2.64. The van der Waals surface area contributed by atoms with Gasteiger partial charge < -0.3 is 4.90 Å². The summed E-state index contributed by atoms with van der Waals surface area (Å²) in [7, 11) is 0. The van der Waals surface area contributed by atoms with Crippen molar-refractivity contribution in [2.24, 2.45) is 0 Å². The van der Waals surface area contributed by atoms with Gasteiger partial charge in [-0.1, -0.05) is 18.2 Å². The predicted molar refractivity (Wildman–Crippen MR) is 106 cm³/mol. The summed E-state index contributed by atoms with van der Waals surface area (Å²) in [4.78, 5) is 17.4. The van der Waals surface area contributed by atoms with E-state index < -0.39 is 0 Å². The highest BCUT2D eigenvalue weighted by molar-refractivity contribution is 7.97. The molecule has 138 valence electrons. The van der Waals surface area contributed by atoms with Gasteiger partial charge in [-0.25, -0.2) is 4.31 Å². The lowest BCUT2D eigenvalue weighted by molar-refractivity contribution is 0.0653. The molecule has 1 aromatic heterocycles. The highest BCUT2D eigenvalue weighted by atomic mass is 32.2. The lowest BCUT2D eigenvalue weighted by Crippen LogP contribution is -2.51. The van der Waals surface area contributed by atoms with E-state index in [1.165, 1.54) is 4.90 Å². The first-order valence-electron chi connectivity index (χ1n) is 8.96. The monoisotopic (exact) mass is 379 g/mol. The van der Waals surface area contributed by atoms with E-state index >= 15 is 0 Å². The third-order valence-corrected chi connectivity index (χ3v) is 5.84. The Morgan fingerprint density at radius 3 is 2.37 bits per heavy atom. The summed E-state index contributed by atoms with van der Waals surface area (Å²) in [5.74, 6) is 0.114. The minimum atomic E-state index is 0.114. The Labute approximate surface area is 162 Å². The third kappa shape index (κ3) is 4.04. The van der Waals surface area contributed by atoms with E-state index in [9.17, 15) is 4.79 Å². The first-order valence-corrected chi connectivity index (χ1v) is 9.74. The molecular weight excluding hydrogens is 358 g/mol. The number of amides is 1. The number of aromatic nitrogens is 3. The molecule has 27 heavy (non-hydrogen) atoms. The first-order chi connectivity index (χ1) is 13.2. The van der Waals surface area contributed by atoms with Gasteiger partial charge in [0.15, 0.2) is 0 Å². The van der Waals surface area contributed by atoms with Crippen LogP contribution in [0.1, 0.15) is 17.3 Å². The SMILES string of the molecule is CC1CN(C(=O)c2ccccc2)CCN1Sc1ccc(-n2nccn2)cc1. The topological polar surface area (TPSA) is 54.3 Å². The molecular formula is C20H21N5OS. The van der Waals surface area contributed by atoms with Crippen molar-refractivity contribution in [1.29, 1.82) is 0 Å². The molecule has 0 radical (unpaired) electrons. The standard InChI is InChI=1S/C20H21N5OS/c1-16-15-23(20(26)17-5-3-2-4-6-17)13-14-24(16)27-19-9-7-18(8-10-19)25-21-11-12-22-25/h2-12,16H,13-15H2,1H3. The van der Waals surface area contributed by atoms with E-state index in [0.29, 0.717) is 0 Å². The normalized spacial score (nSPS) is 17.8. The van der Waals surface area contributed by atoms with Crippen molar-refractivity contribution in [3.8, 4) is 5.69 Å². The lowest BCUT2D eigenvalue weighted by Gasteiger charge is -2.39. The van der Waals surface area contributed by atoms with Gasteiger partial charge in [0, 0.05) is 36.1 Å². The van der Waals surface area contributed by atoms with Crippen molar-refractivity contribution >= 4 is 17.9 Å². The predicted octanol–water partition coefficient (Wildman–Crippen LogP) is 3.12. The van der Waals surface area contributed by atoms with E-state index in [1.54, 1.807) is 29.1 Å². The van der Waals surface area contributed by atoms with E-state index in [4.69, 9.17) is 0 Å². The zero-order chi connectivity index (χ0) is 18.6. The highest BCUT2D eigenvalue weighted by Crippen LogP contribution is 2.28. The van der Waals surface area contributed by atoms with Crippen molar-refractivity contribution in [3.63, 3.8) is 0 Å². The second kappa shape index (κ2) is 7.94. The Morgan fingerprint density at radius 2 is 1.70 bits per heavy atom. The summed E-state index contributed by atoms with van der Waals surface area (Å²) in [5.41, 5.74) is 1.70. The van der Waals surface area contributed by atoms with Crippen molar-refractivity contribution in [1.82, 2.24) is 24.2 Å². The van der Waals surface area contributed by atoms with Crippen LogP contribution in [0.5, 0.6) is 0 Å². The third-order valence-electron chi connectivity index (χ3n) is 4.58. The molecule has 3 aromatic rings. The smallest absolute Gasteiger partial charge is 0.253 e. The number of carbonyl (C=O) groups excluding carboxylic acids is 1. The molecule has 6 nitrogen and oxygen atoms in total. The van der Waals surface area contributed by atoms with Gasteiger partial charge in [-0.3, -0.25) is 4.79 Å². The van der Waals surface area contributed by atoms with Crippen LogP contribution in [0.4, 0.5) is 0 Å². The average molecular weight is 379 g/mol. The van der Waals surface area contributed by atoms with Crippen molar-refractivity contribution in [3.05, 3.63) is 72.6 Å². The summed E-state index contributed by atoms with van der Waals surface area (Å²) >= 11 is 1.73. The van der Waals surface area contributed by atoms with Crippen LogP contribution in [0.3, 0.4) is 0 Å². The van der Waals surface area contributed by atoms with Crippen LogP contribution >= 0.6 is 11.9 Å². The number of rotatable bonds is 4. The number of carbonyl (C=O) groups is 1. The molecule has 1 aliphatic heterocycles. The zero-order valence-corrected chi connectivity index (χ0v) is 15.9. The summed E-state index contributed by atoms with van der Waals surface area (Å²) in [5, 5.41) is 8.29. The van der Waals surface area contributed by atoms with Crippen LogP contribution in [0.15, 0.2) is 71.9 Å². The maximum Gasteiger partial charge on any atom is 0.253 e. The number of nitrogens with zero attached hydrogens (tertiary/aromatic N) is 5. The molecule has 1 atom stereocenters. The Bertz CT molecular complexity index is 883. The van der Waals surface area contributed by atoms with Gasteiger partial charge in [0.25, 0.3) is 5.91 Å². The van der Waals surface area contributed by atoms with E-state index in [1.807, 2.05) is 47.4 Å². The minimum Gasteiger partial charge on any atom is -0.336 e. The Morgan fingerprint density at radius 1 is 1.00 bits per heavy atom. The van der Waals surface area contributed by atoms with Gasteiger partial charge in [-0.15, -0.1) is 0 Å². The molecule has 4 rings (SSSR count). The van der Waals surface area contributed by atoms with Gasteiger partial charge >= 0.3 is 0 Å². The van der Waals surface area contributed by atoms with Crippen LogP contribution in [-0.4, -0.2) is 55.8 Å². The lowest BCUT2D eigenvalue weighted by atomic mass is 10.1. The number of piperazine rings is 1. The molecule has 1 fully saturated rings. The van der Waals surface area contributed by atoms with Crippen molar-refractivity contribution in [2.75, 3.05) is 19.6 Å². The van der Waals surface area contributed by atoms with E-state index in [2.05, 4.69) is 33.6 Å². The van der Waals surface area contributed by atoms with Crippen LogP contribution in [-0.2, 0) is 0 Å². The number of benzene rings is 2. The van der Waals surface area contributed by atoms with Gasteiger partial charge in [0.05, 0.1) is 18.1 Å². The van der Waals surface area contributed by atoms with Gasteiger partial charge in [0.2, 0.25) is 0 Å². The average Bonchev–Trinajstić information content (AvgIpc) is 3.25. The molecule has 1 aliphatic rings. The molecule has 2 aromatic carbocycles. The summed E-state index contributed by atoms with van der Waals surface area (Å²) < 4.78 is 2.34. The second-order valence-electron chi connectivity index (χ2n) is 6.51. The fourth-order valence-electron chi connectivity index (χ4n) is 3.15. The molecule has 1 saturated heterocycles. The largest absolute Gasteiger partial charge is 0.336 e. The fraction of sp³-hybridized carbons (Fsp3) is 0.250. The Kier molecular flexibility index (Phi) is 5.22. The molecule has 1 unspecified atom stereocenters. The van der Waals surface area contributed by atoms with Crippen molar-refractivity contribution in [2.45, 2.75) is 17.9 Å². The quantitative estimate of drug-likeness (QED) is 0.652. The summed E-state index contributed by atoms with van der Waals surface area (Å²) in [6, 6.07) is 18.0. The Balaban J connectivity index is 1.37. The number of hydrogen-bond acceptors (Lipinski definition) is 5. The number of hydrogen-bond donors (Lipinski definition) is 0. The highest BCUT2D eigenvalue weighted by Gasteiger charge is 2.27. The molecule has 0 saturated carbocycles. The molecule has 1 amide bonds. The van der Waals surface area contributed by atoms with Crippen LogP contribution in [0.2, 0.25) is 0 Å². The second-order valence-corrected chi connectivity index (χ2v) is 7.63.